The zero-order chi connectivity index (χ0) is 14.3. The van der Waals surface area contributed by atoms with Gasteiger partial charge in [-0.25, -0.2) is 4.39 Å². The van der Waals surface area contributed by atoms with E-state index in [0.29, 0.717) is 17.8 Å². The van der Waals surface area contributed by atoms with Crippen molar-refractivity contribution in [3.8, 4) is 5.75 Å². The maximum atomic E-state index is 13.9. The van der Waals surface area contributed by atoms with E-state index in [9.17, 15) is 9.18 Å². The fraction of sp³-hybridized carbons (Fsp3) is 0.562. The molecule has 0 radical (unpaired) electrons. The van der Waals surface area contributed by atoms with Crippen molar-refractivity contribution in [1.82, 2.24) is 4.90 Å². The van der Waals surface area contributed by atoms with Gasteiger partial charge in [0, 0.05) is 18.0 Å². The zero-order valence-electron chi connectivity index (χ0n) is 11.9. The highest BCUT2D eigenvalue weighted by Crippen LogP contribution is 2.39. The lowest BCUT2D eigenvalue weighted by molar-refractivity contribution is 0.0763. The number of rotatable bonds is 3. The van der Waals surface area contributed by atoms with Gasteiger partial charge in [0.05, 0.1) is 12.7 Å². The first-order chi connectivity index (χ1) is 9.60. The molecule has 2 saturated heterocycles. The molecule has 0 spiro atoms. The molecule has 4 heteroatoms. The van der Waals surface area contributed by atoms with Gasteiger partial charge in [-0.3, -0.25) is 4.79 Å². The normalized spacial score (nSPS) is 29.4. The van der Waals surface area contributed by atoms with Gasteiger partial charge in [-0.15, -0.1) is 0 Å². The summed E-state index contributed by atoms with van der Waals surface area (Å²) in [7, 11) is 3.66. The molecule has 108 valence electrons. The van der Waals surface area contributed by atoms with Gasteiger partial charge < -0.3 is 9.64 Å². The molecule has 3 rings (SSSR count). The highest BCUT2D eigenvalue weighted by Gasteiger charge is 2.41. The summed E-state index contributed by atoms with van der Waals surface area (Å²) >= 11 is 0. The lowest BCUT2D eigenvalue weighted by Crippen LogP contribution is -2.42. The molecule has 0 aromatic heterocycles. The van der Waals surface area contributed by atoms with Crippen molar-refractivity contribution >= 4 is 5.78 Å². The summed E-state index contributed by atoms with van der Waals surface area (Å²) in [5.41, 5.74) is 0.179. The minimum atomic E-state index is -0.443. The van der Waals surface area contributed by atoms with Crippen LogP contribution in [0.25, 0.3) is 0 Å². The third-order valence-electron chi connectivity index (χ3n) is 4.91. The monoisotopic (exact) mass is 277 g/mol. The van der Waals surface area contributed by atoms with E-state index in [1.807, 2.05) is 0 Å². The van der Waals surface area contributed by atoms with Gasteiger partial charge in [0.1, 0.15) is 11.6 Å². The van der Waals surface area contributed by atoms with Crippen molar-refractivity contribution in [3.63, 3.8) is 0 Å². The molecule has 1 aromatic carbocycles. The first-order valence-electron chi connectivity index (χ1n) is 7.20. The number of nitrogens with zero attached hydrogens (tertiary/aromatic N) is 1. The van der Waals surface area contributed by atoms with Crippen molar-refractivity contribution < 1.29 is 13.9 Å². The number of carbonyl (C=O) groups is 1. The summed E-state index contributed by atoms with van der Waals surface area (Å²) in [6, 6.07) is 5.35. The number of Topliss-reactive ketones (excluding diaryl/α,β-unsaturated/α-hetero) is 1. The van der Waals surface area contributed by atoms with Gasteiger partial charge in [0.25, 0.3) is 0 Å². The molecule has 2 fully saturated rings. The van der Waals surface area contributed by atoms with Crippen LogP contribution in [-0.2, 0) is 0 Å². The standard InChI is InChI=1S/C16H20FNO2/c1-18-11-3-4-12(18)8-10(7-11)16(19)14-9-13(20-2)5-6-15(14)17/h5-6,9-12H,3-4,7-8H2,1-2H3. The maximum Gasteiger partial charge on any atom is 0.169 e. The molecule has 2 bridgehead atoms. The van der Waals surface area contributed by atoms with Crippen LogP contribution in [0.15, 0.2) is 18.2 Å². The number of methoxy groups -OCH3 is 1. The highest BCUT2D eigenvalue weighted by molar-refractivity contribution is 5.98. The van der Waals surface area contributed by atoms with Crippen molar-refractivity contribution in [2.45, 2.75) is 37.8 Å². The zero-order valence-corrected chi connectivity index (χ0v) is 11.9. The fourth-order valence-electron chi connectivity index (χ4n) is 3.67. The lowest BCUT2D eigenvalue weighted by atomic mass is 9.85. The van der Waals surface area contributed by atoms with E-state index in [1.54, 1.807) is 6.07 Å². The van der Waals surface area contributed by atoms with Crippen LogP contribution >= 0.6 is 0 Å². The Balaban J connectivity index is 1.83. The quantitative estimate of drug-likeness (QED) is 0.796. The van der Waals surface area contributed by atoms with E-state index in [0.717, 1.165) is 25.7 Å². The van der Waals surface area contributed by atoms with Gasteiger partial charge in [0.2, 0.25) is 0 Å². The summed E-state index contributed by atoms with van der Waals surface area (Å²) < 4.78 is 19.0. The summed E-state index contributed by atoms with van der Waals surface area (Å²) in [5.74, 6) is -0.0237. The number of fused-ring (bicyclic) bond motifs is 2. The average Bonchev–Trinajstić information content (AvgIpc) is 2.68. The number of hydrogen-bond acceptors (Lipinski definition) is 3. The summed E-state index contributed by atoms with van der Waals surface area (Å²) in [5, 5.41) is 0. The number of hydrogen-bond donors (Lipinski definition) is 0. The molecule has 20 heavy (non-hydrogen) atoms. The molecule has 2 heterocycles. The highest BCUT2D eigenvalue weighted by atomic mass is 19.1. The first kappa shape index (κ1) is 13.6. The van der Waals surface area contributed by atoms with Crippen molar-refractivity contribution in [2.24, 2.45) is 5.92 Å². The van der Waals surface area contributed by atoms with Gasteiger partial charge in [0.15, 0.2) is 5.78 Å². The second kappa shape index (κ2) is 5.17. The maximum absolute atomic E-state index is 13.9. The minimum Gasteiger partial charge on any atom is -0.497 e. The smallest absolute Gasteiger partial charge is 0.169 e. The molecule has 0 amide bonds. The lowest BCUT2D eigenvalue weighted by Gasteiger charge is -2.35. The van der Waals surface area contributed by atoms with E-state index in [4.69, 9.17) is 4.74 Å². The Morgan fingerprint density at radius 1 is 1.30 bits per heavy atom. The van der Waals surface area contributed by atoms with Crippen LogP contribution in [0.1, 0.15) is 36.0 Å². The summed E-state index contributed by atoms with van der Waals surface area (Å²) in [4.78, 5) is 15.0. The Labute approximate surface area is 118 Å². The van der Waals surface area contributed by atoms with Crippen molar-refractivity contribution in [2.75, 3.05) is 14.2 Å². The predicted molar refractivity (Wildman–Crippen MR) is 74.6 cm³/mol. The number of benzene rings is 1. The average molecular weight is 277 g/mol. The largest absolute Gasteiger partial charge is 0.497 e. The van der Waals surface area contributed by atoms with Crippen LogP contribution in [0.5, 0.6) is 5.75 Å². The first-order valence-corrected chi connectivity index (χ1v) is 7.20. The SMILES string of the molecule is COc1ccc(F)c(C(=O)C2CC3CCC(C2)N3C)c1. The summed E-state index contributed by atoms with van der Waals surface area (Å²) in [6.07, 6.45) is 4.02. The van der Waals surface area contributed by atoms with Crippen LogP contribution < -0.4 is 4.74 Å². The third kappa shape index (κ3) is 2.22. The topological polar surface area (TPSA) is 29.5 Å². The Hall–Kier alpha value is -1.42. The van der Waals surface area contributed by atoms with Crippen molar-refractivity contribution in [3.05, 3.63) is 29.6 Å². The van der Waals surface area contributed by atoms with Crippen LogP contribution in [0.4, 0.5) is 4.39 Å². The minimum absolute atomic E-state index is 0.0506. The summed E-state index contributed by atoms with van der Waals surface area (Å²) in [6.45, 7) is 0. The molecule has 0 aliphatic carbocycles. The molecule has 3 nitrogen and oxygen atoms in total. The van der Waals surface area contributed by atoms with Gasteiger partial charge >= 0.3 is 0 Å². The number of halogens is 1. The molecule has 2 aliphatic rings. The Bertz CT molecular complexity index is 517. The van der Waals surface area contributed by atoms with E-state index < -0.39 is 5.82 Å². The third-order valence-corrected chi connectivity index (χ3v) is 4.91. The second-order valence-electron chi connectivity index (χ2n) is 5.93. The molecule has 0 N–H and O–H groups in total. The number of ether oxygens (including phenoxy) is 1. The Morgan fingerprint density at radius 3 is 2.55 bits per heavy atom. The molecule has 0 saturated carbocycles. The fourth-order valence-corrected chi connectivity index (χ4v) is 3.67. The van der Waals surface area contributed by atoms with Crippen molar-refractivity contribution in [1.29, 1.82) is 0 Å². The van der Waals surface area contributed by atoms with E-state index in [1.165, 1.54) is 19.2 Å². The number of piperidine rings is 1. The van der Waals surface area contributed by atoms with E-state index >= 15 is 0 Å². The molecule has 2 unspecified atom stereocenters. The Morgan fingerprint density at radius 2 is 1.95 bits per heavy atom. The van der Waals surface area contributed by atoms with Gasteiger partial charge in [-0.1, -0.05) is 0 Å². The van der Waals surface area contributed by atoms with E-state index in [2.05, 4.69) is 11.9 Å². The van der Waals surface area contributed by atoms with Crippen LogP contribution in [0.3, 0.4) is 0 Å². The molecule has 1 aromatic rings. The van der Waals surface area contributed by atoms with Crippen LogP contribution in [0, 0.1) is 11.7 Å². The second-order valence-corrected chi connectivity index (χ2v) is 5.93. The molecular weight excluding hydrogens is 257 g/mol. The van der Waals surface area contributed by atoms with Crippen LogP contribution in [0.2, 0.25) is 0 Å². The molecule has 2 aliphatic heterocycles. The van der Waals surface area contributed by atoms with Gasteiger partial charge in [-0.05, 0) is 50.9 Å². The van der Waals surface area contributed by atoms with Crippen LogP contribution in [-0.4, -0.2) is 36.9 Å². The van der Waals surface area contributed by atoms with E-state index in [-0.39, 0.29) is 17.3 Å². The molecular formula is C16H20FNO2. The predicted octanol–water partition coefficient (Wildman–Crippen LogP) is 2.89. The Kier molecular flexibility index (Phi) is 3.50. The number of ketones is 1. The molecule has 2 atom stereocenters. The number of carbonyl (C=O) groups excluding carboxylic acids is 1. The van der Waals surface area contributed by atoms with Gasteiger partial charge in [-0.2, -0.15) is 0 Å².